The minimum atomic E-state index is -3.10. The topological polar surface area (TPSA) is 92.5 Å². The summed E-state index contributed by atoms with van der Waals surface area (Å²) in [4.78, 5) is 12.2. The third-order valence-electron chi connectivity index (χ3n) is 4.30. The van der Waals surface area contributed by atoms with Gasteiger partial charge < -0.3 is 11.1 Å². The fourth-order valence-corrected chi connectivity index (χ4v) is 4.67. The van der Waals surface area contributed by atoms with Gasteiger partial charge in [0.1, 0.15) is 0 Å². The standard InChI is InChI=1S/C15H21N3O3S.ClH/c16-14-4-2-1-3-13(14)15(19)17-11-7-9-18(10-8-11)22(20,21)12-5-6-12;/h1-4,11-12H,5-10,16H2,(H,17,19);1H. The number of carbonyl (C=O) groups excluding carboxylic acids is 1. The summed E-state index contributed by atoms with van der Waals surface area (Å²) in [6.07, 6.45) is 2.85. The van der Waals surface area contributed by atoms with Crippen LogP contribution in [0.4, 0.5) is 5.69 Å². The predicted octanol–water partition coefficient (Wildman–Crippen LogP) is 1.38. The lowest BCUT2D eigenvalue weighted by Gasteiger charge is -2.31. The molecule has 0 bridgehead atoms. The Morgan fingerprint density at radius 3 is 2.30 bits per heavy atom. The van der Waals surface area contributed by atoms with E-state index in [1.807, 2.05) is 0 Å². The van der Waals surface area contributed by atoms with E-state index in [0.717, 1.165) is 12.8 Å². The van der Waals surface area contributed by atoms with E-state index in [1.54, 1.807) is 28.6 Å². The number of para-hydroxylation sites is 1. The zero-order valence-electron chi connectivity index (χ0n) is 12.8. The van der Waals surface area contributed by atoms with Crippen molar-refractivity contribution in [3.05, 3.63) is 29.8 Å². The molecule has 2 fully saturated rings. The number of hydrogen-bond acceptors (Lipinski definition) is 4. The van der Waals surface area contributed by atoms with Gasteiger partial charge in [-0.05, 0) is 37.8 Å². The zero-order valence-corrected chi connectivity index (χ0v) is 14.4. The second-order valence-corrected chi connectivity index (χ2v) is 8.19. The van der Waals surface area contributed by atoms with Crippen molar-refractivity contribution in [2.45, 2.75) is 37.0 Å². The lowest BCUT2D eigenvalue weighted by atomic mass is 10.1. The molecule has 23 heavy (non-hydrogen) atoms. The molecular weight excluding hydrogens is 338 g/mol. The van der Waals surface area contributed by atoms with Gasteiger partial charge in [0.05, 0.1) is 10.8 Å². The van der Waals surface area contributed by atoms with Gasteiger partial charge in [0.15, 0.2) is 0 Å². The molecule has 2 aliphatic rings. The van der Waals surface area contributed by atoms with Crippen molar-refractivity contribution < 1.29 is 13.2 Å². The quantitative estimate of drug-likeness (QED) is 0.794. The molecule has 1 saturated heterocycles. The first-order chi connectivity index (χ1) is 10.5. The smallest absolute Gasteiger partial charge is 0.253 e. The molecule has 6 nitrogen and oxygen atoms in total. The van der Waals surface area contributed by atoms with Crippen molar-refractivity contribution >= 4 is 34.0 Å². The molecule has 1 saturated carbocycles. The van der Waals surface area contributed by atoms with E-state index >= 15 is 0 Å². The molecule has 0 spiro atoms. The minimum Gasteiger partial charge on any atom is -0.398 e. The highest BCUT2D eigenvalue weighted by molar-refractivity contribution is 7.90. The first-order valence-corrected chi connectivity index (χ1v) is 9.13. The van der Waals surface area contributed by atoms with Crippen molar-refractivity contribution in [2.24, 2.45) is 0 Å². The number of nitrogens with two attached hydrogens (primary N) is 1. The summed E-state index contributed by atoms with van der Waals surface area (Å²) in [6, 6.07) is 6.94. The number of carbonyl (C=O) groups is 1. The number of amides is 1. The van der Waals surface area contributed by atoms with Crippen LogP contribution in [0.3, 0.4) is 0 Å². The molecule has 1 aromatic rings. The number of anilines is 1. The second-order valence-electron chi connectivity index (χ2n) is 5.98. The average molecular weight is 360 g/mol. The van der Waals surface area contributed by atoms with Crippen LogP contribution in [0.25, 0.3) is 0 Å². The number of rotatable bonds is 4. The van der Waals surface area contributed by atoms with E-state index in [-0.39, 0.29) is 29.6 Å². The highest BCUT2D eigenvalue weighted by atomic mass is 35.5. The fraction of sp³-hybridized carbons (Fsp3) is 0.533. The summed E-state index contributed by atoms with van der Waals surface area (Å²) in [5.41, 5.74) is 6.72. The van der Waals surface area contributed by atoms with Crippen LogP contribution in [-0.4, -0.2) is 43.0 Å². The lowest BCUT2D eigenvalue weighted by molar-refractivity contribution is 0.0924. The fourth-order valence-electron chi connectivity index (χ4n) is 2.80. The normalized spacial score (nSPS) is 19.8. The van der Waals surface area contributed by atoms with E-state index in [0.29, 0.717) is 37.2 Å². The largest absolute Gasteiger partial charge is 0.398 e. The van der Waals surface area contributed by atoms with Crippen LogP contribution >= 0.6 is 12.4 Å². The second kappa shape index (κ2) is 7.07. The van der Waals surface area contributed by atoms with E-state index < -0.39 is 10.0 Å². The van der Waals surface area contributed by atoms with Gasteiger partial charge in [-0.25, -0.2) is 12.7 Å². The third kappa shape index (κ3) is 3.97. The zero-order chi connectivity index (χ0) is 15.7. The molecule has 0 radical (unpaired) electrons. The molecule has 1 aromatic carbocycles. The summed E-state index contributed by atoms with van der Waals surface area (Å²) in [5, 5.41) is 2.79. The van der Waals surface area contributed by atoms with Gasteiger partial charge in [-0.2, -0.15) is 0 Å². The van der Waals surface area contributed by atoms with Crippen LogP contribution in [0.1, 0.15) is 36.0 Å². The number of nitrogen functional groups attached to an aromatic ring is 1. The van der Waals surface area contributed by atoms with Crippen LogP contribution in [0.2, 0.25) is 0 Å². The lowest BCUT2D eigenvalue weighted by Crippen LogP contribution is -2.47. The van der Waals surface area contributed by atoms with Gasteiger partial charge in [0.2, 0.25) is 10.0 Å². The highest BCUT2D eigenvalue weighted by Crippen LogP contribution is 2.32. The molecule has 1 aliphatic heterocycles. The van der Waals surface area contributed by atoms with Crippen molar-refractivity contribution in [2.75, 3.05) is 18.8 Å². The van der Waals surface area contributed by atoms with E-state index in [4.69, 9.17) is 5.73 Å². The molecule has 8 heteroatoms. The Morgan fingerprint density at radius 2 is 1.74 bits per heavy atom. The SMILES string of the molecule is Cl.Nc1ccccc1C(=O)NC1CCN(S(=O)(=O)C2CC2)CC1. The van der Waals surface area contributed by atoms with E-state index in [1.165, 1.54) is 0 Å². The van der Waals surface area contributed by atoms with E-state index in [9.17, 15) is 13.2 Å². The number of halogens is 1. The van der Waals surface area contributed by atoms with Crippen LogP contribution < -0.4 is 11.1 Å². The van der Waals surface area contributed by atoms with E-state index in [2.05, 4.69) is 5.32 Å². The maximum Gasteiger partial charge on any atom is 0.253 e. The number of piperidine rings is 1. The van der Waals surface area contributed by atoms with Crippen molar-refractivity contribution in [3.63, 3.8) is 0 Å². The first-order valence-electron chi connectivity index (χ1n) is 7.63. The Morgan fingerprint density at radius 1 is 1.13 bits per heavy atom. The number of hydrogen-bond donors (Lipinski definition) is 2. The van der Waals surface area contributed by atoms with Crippen LogP contribution in [-0.2, 0) is 10.0 Å². The Balaban J connectivity index is 0.00000192. The highest BCUT2D eigenvalue weighted by Gasteiger charge is 2.41. The Kier molecular flexibility index (Phi) is 5.54. The number of nitrogens with zero attached hydrogens (tertiary/aromatic N) is 1. The molecule has 1 heterocycles. The molecule has 1 aliphatic carbocycles. The van der Waals surface area contributed by atoms with Gasteiger partial charge in [0, 0.05) is 24.8 Å². The molecule has 0 atom stereocenters. The molecule has 0 unspecified atom stereocenters. The van der Waals surface area contributed by atoms with Gasteiger partial charge >= 0.3 is 0 Å². The van der Waals surface area contributed by atoms with Crippen molar-refractivity contribution in [1.82, 2.24) is 9.62 Å². The number of nitrogens with one attached hydrogen (secondary N) is 1. The summed E-state index contributed by atoms with van der Waals surface area (Å²) in [5.74, 6) is -0.193. The number of sulfonamides is 1. The maximum absolute atomic E-state index is 12.2. The van der Waals surface area contributed by atoms with Crippen LogP contribution in [0.5, 0.6) is 0 Å². The van der Waals surface area contributed by atoms with Gasteiger partial charge in [-0.3, -0.25) is 4.79 Å². The molecule has 0 aromatic heterocycles. The van der Waals surface area contributed by atoms with Crippen LogP contribution in [0, 0.1) is 0 Å². The first kappa shape index (κ1) is 18.0. The third-order valence-corrected chi connectivity index (χ3v) is 6.70. The summed E-state index contributed by atoms with van der Waals surface area (Å²) in [7, 11) is -3.10. The number of benzene rings is 1. The minimum absolute atomic E-state index is 0. The Bertz CT molecular complexity index is 668. The van der Waals surface area contributed by atoms with Gasteiger partial charge in [-0.1, -0.05) is 12.1 Å². The van der Waals surface area contributed by atoms with Gasteiger partial charge in [0.25, 0.3) is 5.91 Å². The average Bonchev–Trinajstić information content (AvgIpc) is 3.33. The van der Waals surface area contributed by atoms with Crippen LogP contribution in [0.15, 0.2) is 24.3 Å². The molecule has 3 N–H and O–H groups in total. The summed E-state index contributed by atoms with van der Waals surface area (Å²) >= 11 is 0. The molecule has 128 valence electrons. The molecular formula is C15H22ClN3O3S. The Labute approximate surface area is 142 Å². The molecule has 1 amide bonds. The molecule has 3 rings (SSSR count). The maximum atomic E-state index is 12.2. The Hall–Kier alpha value is -1.31. The van der Waals surface area contributed by atoms with Crippen molar-refractivity contribution in [3.8, 4) is 0 Å². The van der Waals surface area contributed by atoms with Gasteiger partial charge in [-0.15, -0.1) is 12.4 Å². The monoisotopic (exact) mass is 359 g/mol. The summed E-state index contributed by atoms with van der Waals surface area (Å²) < 4.78 is 25.9. The summed E-state index contributed by atoms with van der Waals surface area (Å²) in [6.45, 7) is 0.960. The van der Waals surface area contributed by atoms with Crippen molar-refractivity contribution in [1.29, 1.82) is 0 Å². The predicted molar refractivity (Wildman–Crippen MR) is 92.1 cm³/mol.